The van der Waals surface area contributed by atoms with Gasteiger partial charge in [-0.25, -0.2) is 15.1 Å². The summed E-state index contributed by atoms with van der Waals surface area (Å²) < 4.78 is 6.12. The van der Waals surface area contributed by atoms with E-state index in [4.69, 9.17) is 16.3 Å². The number of para-hydroxylation sites is 1. The van der Waals surface area contributed by atoms with Crippen molar-refractivity contribution in [2.75, 3.05) is 18.5 Å². The summed E-state index contributed by atoms with van der Waals surface area (Å²) in [5.41, 5.74) is 1.81. The number of hydrogen-bond donors (Lipinski definition) is 1. The lowest BCUT2D eigenvalue weighted by Gasteiger charge is -2.06. The monoisotopic (exact) mass is 360 g/mol. The molecule has 3 rings (SSSR count). The molecule has 123 valence electrons. The smallest absolute Gasteiger partial charge is 0.413 e. The average molecular weight is 361 g/mol. The maximum atomic E-state index is 11.7. The van der Waals surface area contributed by atoms with Gasteiger partial charge in [0.2, 0.25) is 0 Å². The molecule has 3 aromatic rings. The van der Waals surface area contributed by atoms with Crippen LogP contribution in [0, 0.1) is 0 Å². The number of nitrogens with one attached hydrogen (secondary N) is 1. The van der Waals surface area contributed by atoms with Crippen LogP contribution in [0.2, 0.25) is 5.02 Å². The lowest BCUT2D eigenvalue weighted by atomic mass is 10.2. The van der Waals surface area contributed by atoms with E-state index in [0.717, 1.165) is 15.8 Å². The van der Waals surface area contributed by atoms with Gasteiger partial charge in [0.15, 0.2) is 5.13 Å². The Morgan fingerprint density at radius 2 is 2.00 bits per heavy atom. The molecule has 0 bridgehead atoms. The third-order valence-electron chi connectivity index (χ3n) is 3.23. The van der Waals surface area contributed by atoms with Gasteiger partial charge in [0.25, 0.3) is 0 Å². The summed E-state index contributed by atoms with van der Waals surface area (Å²) in [6.45, 7) is 1.13. The van der Waals surface area contributed by atoms with Crippen molar-refractivity contribution in [1.82, 2.24) is 10.3 Å². The van der Waals surface area contributed by atoms with E-state index < -0.39 is 6.09 Å². The second-order valence-electron chi connectivity index (χ2n) is 4.94. The average Bonchev–Trinajstić information content (AvgIpc) is 2.98. The number of carbonyl (C=O) groups is 1. The molecule has 1 N–H and O–H groups in total. The fraction of sp³-hybridized carbons (Fsp3) is 0.176. The highest BCUT2D eigenvalue weighted by Crippen LogP contribution is 2.25. The normalized spacial score (nSPS) is 10.7. The van der Waals surface area contributed by atoms with Gasteiger partial charge in [-0.05, 0) is 23.8 Å². The van der Waals surface area contributed by atoms with Gasteiger partial charge in [-0.3, -0.25) is 5.32 Å². The van der Waals surface area contributed by atoms with Crippen LogP contribution >= 0.6 is 22.9 Å². The summed E-state index contributed by atoms with van der Waals surface area (Å²) >= 11 is 7.46. The van der Waals surface area contributed by atoms with Crippen molar-refractivity contribution in [3.05, 3.63) is 59.1 Å². The molecular weight excluding hydrogens is 346 g/mol. The molecule has 0 unspecified atom stereocenters. The van der Waals surface area contributed by atoms with Gasteiger partial charge in [0, 0.05) is 18.1 Å². The molecule has 1 radical (unpaired) electrons. The minimum absolute atomic E-state index is 0.210. The SMILES string of the molecule is O=C(Nc1nc2ccccc2s1)OCC[N]Cc1ccccc1Cl. The van der Waals surface area contributed by atoms with Crippen molar-refractivity contribution in [2.24, 2.45) is 0 Å². The van der Waals surface area contributed by atoms with Crippen molar-refractivity contribution in [2.45, 2.75) is 6.54 Å². The summed E-state index contributed by atoms with van der Waals surface area (Å²) in [6.07, 6.45) is -0.526. The number of rotatable bonds is 6. The Morgan fingerprint density at radius 3 is 2.83 bits per heavy atom. The zero-order valence-electron chi connectivity index (χ0n) is 12.7. The Balaban J connectivity index is 1.39. The first kappa shape index (κ1) is 16.7. The van der Waals surface area contributed by atoms with E-state index >= 15 is 0 Å². The van der Waals surface area contributed by atoms with Gasteiger partial charge in [-0.15, -0.1) is 0 Å². The van der Waals surface area contributed by atoms with Crippen molar-refractivity contribution < 1.29 is 9.53 Å². The molecule has 1 amide bonds. The number of ether oxygens (including phenoxy) is 1. The summed E-state index contributed by atoms with van der Waals surface area (Å²) in [5.74, 6) is 0. The molecule has 0 saturated heterocycles. The maximum absolute atomic E-state index is 11.7. The highest BCUT2D eigenvalue weighted by Gasteiger charge is 2.08. The van der Waals surface area contributed by atoms with Gasteiger partial charge in [0.1, 0.15) is 6.61 Å². The molecule has 1 aromatic heterocycles. The van der Waals surface area contributed by atoms with Crippen molar-refractivity contribution in [3.8, 4) is 0 Å². The quantitative estimate of drug-likeness (QED) is 0.666. The van der Waals surface area contributed by atoms with E-state index in [-0.39, 0.29) is 6.61 Å². The van der Waals surface area contributed by atoms with Crippen molar-refractivity contribution in [1.29, 1.82) is 0 Å². The third kappa shape index (κ3) is 4.44. The number of anilines is 1. The highest BCUT2D eigenvalue weighted by atomic mass is 35.5. The maximum Gasteiger partial charge on any atom is 0.413 e. The predicted octanol–water partition coefficient (Wildman–Crippen LogP) is 4.30. The number of thiazole rings is 1. The number of amides is 1. The van der Waals surface area contributed by atoms with Crippen LogP contribution in [0.5, 0.6) is 0 Å². The Labute approximate surface area is 148 Å². The van der Waals surface area contributed by atoms with E-state index in [1.54, 1.807) is 0 Å². The van der Waals surface area contributed by atoms with E-state index in [2.05, 4.69) is 15.6 Å². The summed E-state index contributed by atoms with van der Waals surface area (Å²) in [6, 6.07) is 15.2. The molecule has 24 heavy (non-hydrogen) atoms. The van der Waals surface area contributed by atoms with E-state index in [9.17, 15) is 4.79 Å². The zero-order chi connectivity index (χ0) is 16.8. The van der Waals surface area contributed by atoms with Gasteiger partial charge < -0.3 is 4.74 Å². The van der Waals surface area contributed by atoms with Gasteiger partial charge >= 0.3 is 6.09 Å². The Kier molecular flexibility index (Phi) is 5.63. The molecule has 1 heterocycles. The molecule has 0 aliphatic heterocycles. The predicted molar refractivity (Wildman–Crippen MR) is 96.7 cm³/mol. The number of fused-ring (bicyclic) bond motifs is 1. The number of aromatic nitrogens is 1. The molecule has 0 saturated carbocycles. The largest absolute Gasteiger partial charge is 0.448 e. The number of halogens is 1. The van der Waals surface area contributed by atoms with Crippen LogP contribution in [0.4, 0.5) is 9.93 Å². The third-order valence-corrected chi connectivity index (χ3v) is 4.55. The van der Waals surface area contributed by atoms with Crippen LogP contribution in [0.1, 0.15) is 5.56 Å². The summed E-state index contributed by atoms with van der Waals surface area (Å²) in [5, 5.41) is 8.16. The van der Waals surface area contributed by atoms with Crippen molar-refractivity contribution in [3.63, 3.8) is 0 Å². The van der Waals surface area contributed by atoms with Crippen LogP contribution in [-0.4, -0.2) is 24.2 Å². The van der Waals surface area contributed by atoms with Crippen LogP contribution in [0.3, 0.4) is 0 Å². The van der Waals surface area contributed by atoms with Crippen molar-refractivity contribution >= 4 is 44.4 Å². The minimum Gasteiger partial charge on any atom is -0.448 e. The first-order valence-electron chi connectivity index (χ1n) is 7.38. The number of nitrogens with zero attached hydrogens (tertiary/aromatic N) is 2. The second kappa shape index (κ2) is 8.10. The molecule has 2 aromatic carbocycles. The molecule has 0 spiro atoms. The molecule has 0 aliphatic rings. The lowest BCUT2D eigenvalue weighted by Crippen LogP contribution is -2.19. The minimum atomic E-state index is -0.526. The molecule has 0 atom stereocenters. The van der Waals surface area contributed by atoms with Gasteiger partial charge in [0.05, 0.1) is 10.2 Å². The number of benzene rings is 2. The second-order valence-corrected chi connectivity index (χ2v) is 6.38. The first-order chi connectivity index (χ1) is 11.7. The van der Waals surface area contributed by atoms with Crippen LogP contribution in [0.25, 0.3) is 10.2 Å². The number of hydrogen-bond acceptors (Lipinski definition) is 4. The molecular formula is C17H15ClN3O2S. The van der Waals surface area contributed by atoms with E-state index in [0.29, 0.717) is 23.2 Å². The highest BCUT2D eigenvalue weighted by molar-refractivity contribution is 7.22. The Hall–Kier alpha value is -2.15. The number of carbonyl (C=O) groups excluding carboxylic acids is 1. The molecule has 0 aliphatic carbocycles. The fourth-order valence-electron chi connectivity index (χ4n) is 2.08. The summed E-state index contributed by atoms with van der Waals surface area (Å²) in [4.78, 5) is 16.1. The first-order valence-corrected chi connectivity index (χ1v) is 8.58. The van der Waals surface area contributed by atoms with Crippen LogP contribution in [0.15, 0.2) is 48.5 Å². The van der Waals surface area contributed by atoms with Gasteiger partial charge in [-0.2, -0.15) is 0 Å². The Morgan fingerprint density at radius 1 is 1.21 bits per heavy atom. The van der Waals surface area contributed by atoms with Gasteiger partial charge in [-0.1, -0.05) is 53.3 Å². The Bertz CT molecular complexity index is 804. The van der Waals surface area contributed by atoms with Crippen LogP contribution in [-0.2, 0) is 11.3 Å². The summed E-state index contributed by atoms with van der Waals surface area (Å²) in [7, 11) is 0. The topological polar surface area (TPSA) is 65.3 Å². The fourth-order valence-corrected chi connectivity index (χ4v) is 3.13. The van der Waals surface area contributed by atoms with Crippen LogP contribution < -0.4 is 10.6 Å². The standard InChI is InChI=1S/C17H15ClN3O2S/c18-13-6-2-1-5-12(13)11-19-9-10-23-17(22)21-16-20-14-7-3-4-8-15(14)24-16/h1-8H,9-11H2,(H,20,21,22). The molecule has 7 heteroatoms. The van der Waals surface area contributed by atoms with E-state index in [1.807, 2.05) is 48.5 Å². The molecule has 0 fully saturated rings. The lowest BCUT2D eigenvalue weighted by molar-refractivity contribution is 0.161. The molecule has 5 nitrogen and oxygen atoms in total. The van der Waals surface area contributed by atoms with E-state index in [1.165, 1.54) is 11.3 Å². The zero-order valence-corrected chi connectivity index (χ0v) is 14.3.